The van der Waals surface area contributed by atoms with Gasteiger partial charge in [0.25, 0.3) is 0 Å². The molecule has 2 aromatic heterocycles. The minimum Gasteiger partial charge on any atom is -0.254 e. The van der Waals surface area contributed by atoms with Gasteiger partial charge in [0.2, 0.25) is 0 Å². The second-order valence-electron chi connectivity index (χ2n) is 14.1. The van der Waals surface area contributed by atoms with E-state index in [0.29, 0.717) is 0 Å². The zero-order valence-corrected chi connectivity index (χ0v) is 29.4. The molecule has 1 aliphatic carbocycles. The number of fused-ring (bicyclic) bond motifs is 6. The molecule has 0 N–H and O–H groups in total. The van der Waals surface area contributed by atoms with E-state index < -0.39 is 0 Å². The topological polar surface area (TPSA) is 25.8 Å². The lowest BCUT2D eigenvalue weighted by Crippen LogP contribution is -1.94. The van der Waals surface area contributed by atoms with Gasteiger partial charge in [-0.05, 0) is 95.7 Å². The maximum atomic E-state index is 5.07. The summed E-state index contributed by atoms with van der Waals surface area (Å²) in [5.74, 6) is 0. The maximum absolute atomic E-state index is 5.07. The molecule has 250 valence electrons. The third kappa shape index (κ3) is 4.81. The Kier molecular flexibility index (Phi) is 6.90. The summed E-state index contributed by atoms with van der Waals surface area (Å²) >= 11 is 0. The molecule has 54 heavy (non-hydrogen) atoms. The maximum Gasteiger partial charge on any atom is 0.0972 e. The van der Waals surface area contributed by atoms with Crippen LogP contribution in [0.3, 0.4) is 0 Å². The molecule has 0 saturated carbocycles. The van der Waals surface area contributed by atoms with Gasteiger partial charge in [0.15, 0.2) is 0 Å². The van der Waals surface area contributed by atoms with Gasteiger partial charge in [-0.15, -0.1) is 0 Å². The summed E-state index contributed by atoms with van der Waals surface area (Å²) in [5.41, 5.74) is 18.9. The number of benzene rings is 8. The van der Waals surface area contributed by atoms with Gasteiger partial charge in [0.05, 0.1) is 16.7 Å². The van der Waals surface area contributed by atoms with Crippen molar-refractivity contribution in [1.29, 1.82) is 0 Å². The smallest absolute Gasteiger partial charge is 0.0972 e. The molecular formula is C52H32N2. The molecule has 2 heteroatoms. The van der Waals surface area contributed by atoms with Crippen LogP contribution in [-0.2, 0) is 0 Å². The van der Waals surface area contributed by atoms with Crippen LogP contribution < -0.4 is 0 Å². The zero-order valence-electron chi connectivity index (χ0n) is 29.4. The molecule has 0 fully saturated rings. The number of aromatic nitrogens is 2. The predicted molar refractivity (Wildman–Crippen MR) is 226 cm³/mol. The highest BCUT2D eigenvalue weighted by molar-refractivity contribution is 6.22. The first-order valence-electron chi connectivity index (χ1n) is 18.5. The fourth-order valence-electron chi connectivity index (χ4n) is 8.53. The molecule has 10 aromatic rings. The van der Waals surface area contributed by atoms with E-state index in [-0.39, 0.29) is 0 Å². The van der Waals surface area contributed by atoms with Gasteiger partial charge in [0.1, 0.15) is 0 Å². The molecule has 0 unspecified atom stereocenters. The van der Waals surface area contributed by atoms with Gasteiger partial charge in [-0.25, -0.2) is 4.98 Å². The quantitative estimate of drug-likeness (QED) is 0.169. The second-order valence-corrected chi connectivity index (χ2v) is 14.1. The average Bonchev–Trinajstić information content (AvgIpc) is 3.59. The van der Waals surface area contributed by atoms with Crippen LogP contribution in [0.25, 0.3) is 111 Å². The lowest BCUT2D eigenvalue weighted by Gasteiger charge is -2.21. The normalized spacial score (nSPS) is 11.7. The van der Waals surface area contributed by atoms with Gasteiger partial charge in [-0.1, -0.05) is 170 Å². The molecule has 0 saturated heterocycles. The van der Waals surface area contributed by atoms with Gasteiger partial charge in [-0.2, -0.15) is 0 Å². The monoisotopic (exact) mass is 684 g/mol. The highest BCUT2D eigenvalue weighted by atomic mass is 14.7. The highest BCUT2D eigenvalue weighted by Crippen LogP contribution is 2.57. The molecule has 2 heterocycles. The molecule has 11 rings (SSSR count). The Morgan fingerprint density at radius 1 is 0.296 bits per heavy atom. The van der Waals surface area contributed by atoms with Crippen LogP contribution >= 0.6 is 0 Å². The first-order chi connectivity index (χ1) is 26.8. The first kappa shape index (κ1) is 30.5. The van der Waals surface area contributed by atoms with Crippen LogP contribution in [0.5, 0.6) is 0 Å². The lowest BCUT2D eigenvalue weighted by molar-refractivity contribution is 1.37. The van der Waals surface area contributed by atoms with Crippen molar-refractivity contribution in [3.63, 3.8) is 0 Å². The van der Waals surface area contributed by atoms with E-state index in [1.807, 2.05) is 12.3 Å². The minimum absolute atomic E-state index is 0.933. The largest absolute Gasteiger partial charge is 0.254 e. The third-order valence-corrected chi connectivity index (χ3v) is 11.1. The average molecular weight is 685 g/mol. The first-order valence-corrected chi connectivity index (χ1v) is 18.5. The van der Waals surface area contributed by atoms with Crippen molar-refractivity contribution in [3.05, 3.63) is 194 Å². The van der Waals surface area contributed by atoms with E-state index in [4.69, 9.17) is 4.98 Å². The Hall–Kier alpha value is -7.16. The lowest BCUT2D eigenvalue weighted by atomic mass is 9.82. The summed E-state index contributed by atoms with van der Waals surface area (Å²) in [5, 5.41) is 4.81. The molecule has 0 atom stereocenters. The van der Waals surface area contributed by atoms with Crippen LogP contribution in [0, 0.1) is 0 Å². The summed E-state index contributed by atoms with van der Waals surface area (Å²) in [6, 6.07) is 68.1. The van der Waals surface area contributed by atoms with Gasteiger partial charge < -0.3 is 0 Å². The predicted octanol–water partition coefficient (Wildman–Crippen LogP) is 13.9. The molecule has 2 nitrogen and oxygen atoms in total. The van der Waals surface area contributed by atoms with Gasteiger partial charge in [-0.3, -0.25) is 4.98 Å². The Balaban J connectivity index is 1.03. The van der Waals surface area contributed by atoms with E-state index in [1.165, 1.54) is 77.5 Å². The van der Waals surface area contributed by atoms with Gasteiger partial charge >= 0.3 is 0 Å². The molecule has 0 amide bonds. The van der Waals surface area contributed by atoms with Crippen molar-refractivity contribution >= 4 is 32.6 Å². The summed E-state index contributed by atoms with van der Waals surface area (Å²) in [6.07, 6.45) is 1.84. The molecule has 0 bridgehead atoms. The number of pyridine rings is 2. The minimum atomic E-state index is 0.933. The van der Waals surface area contributed by atoms with E-state index in [9.17, 15) is 0 Å². The van der Waals surface area contributed by atoms with Crippen LogP contribution in [0.2, 0.25) is 0 Å². The third-order valence-electron chi connectivity index (χ3n) is 11.1. The van der Waals surface area contributed by atoms with Crippen LogP contribution in [-0.4, -0.2) is 9.97 Å². The second kappa shape index (κ2) is 12.2. The summed E-state index contributed by atoms with van der Waals surface area (Å²) in [4.78, 5) is 9.71. The Morgan fingerprint density at radius 3 is 1.54 bits per heavy atom. The Bertz CT molecular complexity index is 3050. The molecular weight excluding hydrogens is 653 g/mol. The fourth-order valence-corrected chi connectivity index (χ4v) is 8.53. The number of nitrogens with zero attached hydrogens (tertiary/aromatic N) is 2. The van der Waals surface area contributed by atoms with Crippen LogP contribution in [0.4, 0.5) is 0 Å². The van der Waals surface area contributed by atoms with E-state index >= 15 is 0 Å². The van der Waals surface area contributed by atoms with Crippen molar-refractivity contribution in [1.82, 2.24) is 9.97 Å². The number of hydrogen-bond donors (Lipinski definition) is 0. The van der Waals surface area contributed by atoms with Crippen LogP contribution in [0.15, 0.2) is 194 Å². The van der Waals surface area contributed by atoms with Crippen molar-refractivity contribution in [2.24, 2.45) is 0 Å². The standard InChI is InChI=1S/C52H32N2/c1-3-10-35(11-4-1)45-32-44(48(39-12-5-2-6-13-39)50-43-18-8-15-38-14-7-17-42(47(38)43)49(45)50)36-23-19-33(20-24-36)34-21-25-37(26-22-34)46-30-29-41-28-27-40-16-9-31-53-51(40)52(41)54-46/h1-32H. The molecule has 0 radical (unpaired) electrons. The Labute approximate surface area is 313 Å². The molecule has 1 aliphatic rings. The molecule has 0 aliphatic heterocycles. The number of hydrogen-bond acceptors (Lipinski definition) is 2. The van der Waals surface area contributed by atoms with Gasteiger partial charge in [0, 0.05) is 22.5 Å². The molecule has 0 spiro atoms. The molecule has 8 aromatic carbocycles. The zero-order chi connectivity index (χ0) is 35.6. The number of rotatable bonds is 5. The Morgan fingerprint density at radius 2 is 0.833 bits per heavy atom. The highest BCUT2D eigenvalue weighted by Gasteiger charge is 2.30. The SMILES string of the molecule is c1ccc(-c2cc(-c3ccc(-c4ccc(-c5ccc6ccc7cccnc7c6n5)cc4)cc3)c(-c3ccccc3)c3c2-c2cccc4cccc-3c24)cc1. The van der Waals surface area contributed by atoms with E-state index in [1.54, 1.807) is 0 Å². The fraction of sp³-hybridized carbons (Fsp3) is 0. The van der Waals surface area contributed by atoms with E-state index in [0.717, 1.165) is 33.1 Å². The van der Waals surface area contributed by atoms with Crippen molar-refractivity contribution in [3.8, 4) is 78.0 Å². The van der Waals surface area contributed by atoms with Crippen molar-refractivity contribution < 1.29 is 0 Å². The summed E-state index contributed by atoms with van der Waals surface area (Å²) in [7, 11) is 0. The van der Waals surface area contributed by atoms with Crippen molar-refractivity contribution in [2.75, 3.05) is 0 Å². The van der Waals surface area contributed by atoms with Crippen molar-refractivity contribution in [2.45, 2.75) is 0 Å². The summed E-state index contributed by atoms with van der Waals surface area (Å²) in [6.45, 7) is 0. The summed E-state index contributed by atoms with van der Waals surface area (Å²) < 4.78 is 0. The van der Waals surface area contributed by atoms with Crippen LogP contribution in [0.1, 0.15) is 0 Å². The van der Waals surface area contributed by atoms with E-state index in [2.05, 4.69) is 187 Å².